The maximum absolute atomic E-state index is 13.3. The highest BCUT2D eigenvalue weighted by Crippen LogP contribution is 2.36. The largest absolute Gasteiger partial charge is 0.494 e. The van der Waals surface area contributed by atoms with Crippen molar-refractivity contribution in [3.05, 3.63) is 94.5 Å². The van der Waals surface area contributed by atoms with Crippen LogP contribution in [0.15, 0.2) is 71.7 Å². The van der Waals surface area contributed by atoms with Crippen molar-refractivity contribution in [3.8, 4) is 5.88 Å². The Balaban J connectivity index is 1.44. The molecule has 244 valence electrons. The number of esters is 1. The summed E-state index contributed by atoms with van der Waals surface area (Å²) in [4.78, 5) is 59.3. The standard InChI is InChI=1S/C37H40N4O6/c1-23-20-30-31(21-29(23)24(2)42)41(25(3)43)36(46)33(30)34(26-10-8-7-9-11-26)38-28-14-12-27(13-15-28)35(45)40-18-16-39(17-19-40)22-32(44)47-37(4,5)6/h7-15,20-21,46H,16-19,22H2,1-6H3. The van der Waals surface area contributed by atoms with Crippen LogP contribution in [0.2, 0.25) is 0 Å². The van der Waals surface area contributed by atoms with Crippen molar-refractivity contribution in [3.63, 3.8) is 0 Å². The summed E-state index contributed by atoms with van der Waals surface area (Å²) in [6, 6.07) is 19.7. The molecule has 10 nitrogen and oxygen atoms in total. The highest BCUT2D eigenvalue weighted by Gasteiger charge is 2.27. The van der Waals surface area contributed by atoms with Crippen LogP contribution in [0, 0.1) is 6.92 Å². The summed E-state index contributed by atoms with van der Waals surface area (Å²) < 4.78 is 6.62. The molecule has 0 bridgehead atoms. The van der Waals surface area contributed by atoms with Crippen molar-refractivity contribution in [1.82, 2.24) is 14.4 Å². The van der Waals surface area contributed by atoms with E-state index >= 15 is 0 Å². The van der Waals surface area contributed by atoms with Crippen molar-refractivity contribution < 1.29 is 29.0 Å². The maximum Gasteiger partial charge on any atom is 0.320 e. The molecule has 0 saturated carbocycles. The number of carbonyl (C=O) groups excluding carboxylic acids is 4. The van der Waals surface area contributed by atoms with E-state index < -0.39 is 11.5 Å². The van der Waals surface area contributed by atoms with Gasteiger partial charge in [0.15, 0.2) is 5.78 Å². The van der Waals surface area contributed by atoms with E-state index in [2.05, 4.69) is 0 Å². The third kappa shape index (κ3) is 7.33. The Morgan fingerprint density at radius 3 is 2.09 bits per heavy atom. The van der Waals surface area contributed by atoms with E-state index in [4.69, 9.17) is 9.73 Å². The molecule has 1 amide bonds. The van der Waals surface area contributed by atoms with Crippen LogP contribution < -0.4 is 0 Å². The average molecular weight is 637 g/mol. The maximum atomic E-state index is 13.3. The topological polar surface area (TPSA) is 122 Å². The number of ketones is 1. The zero-order valence-corrected chi connectivity index (χ0v) is 27.7. The Labute approximate surface area is 274 Å². The summed E-state index contributed by atoms with van der Waals surface area (Å²) >= 11 is 0. The second-order valence-electron chi connectivity index (χ2n) is 12.8. The van der Waals surface area contributed by atoms with Crippen LogP contribution in [0.1, 0.15) is 76.8 Å². The fraction of sp³-hybridized carbons (Fsp3) is 0.324. The predicted octanol–water partition coefficient (Wildman–Crippen LogP) is 5.79. The van der Waals surface area contributed by atoms with Gasteiger partial charge >= 0.3 is 5.97 Å². The van der Waals surface area contributed by atoms with Gasteiger partial charge in [-0.05, 0) is 76.6 Å². The minimum absolute atomic E-state index is 0.111. The number of aromatic nitrogens is 1. The van der Waals surface area contributed by atoms with Crippen LogP contribution in [-0.2, 0) is 9.53 Å². The third-order valence-corrected chi connectivity index (χ3v) is 8.05. The van der Waals surface area contributed by atoms with E-state index in [1.54, 1.807) is 41.3 Å². The van der Waals surface area contributed by atoms with Gasteiger partial charge in [-0.1, -0.05) is 30.3 Å². The minimum atomic E-state index is -0.542. The molecule has 1 N–H and O–H groups in total. The first-order valence-corrected chi connectivity index (χ1v) is 15.6. The number of aliphatic imine (C=N–C) groups is 1. The molecular formula is C37H40N4O6. The number of rotatable bonds is 7. The summed E-state index contributed by atoms with van der Waals surface area (Å²) in [5, 5.41) is 12.1. The first-order valence-electron chi connectivity index (χ1n) is 15.6. The lowest BCUT2D eigenvalue weighted by Gasteiger charge is -2.34. The number of aromatic hydroxyl groups is 1. The SMILES string of the molecule is CC(=O)c1cc2c(cc1C)c(C(=Nc1ccc(C(=O)N3CCN(CC(=O)OC(C)(C)C)CC3)cc1)c1ccccc1)c(O)n2C(C)=O. The first-order chi connectivity index (χ1) is 22.2. The lowest BCUT2D eigenvalue weighted by atomic mass is 9.97. The molecule has 2 heterocycles. The van der Waals surface area contributed by atoms with Crippen molar-refractivity contribution in [1.29, 1.82) is 0 Å². The van der Waals surface area contributed by atoms with Gasteiger partial charge in [-0.25, -0.2) is 4.99 Å². The summed E-state index contributed by atoms with van der Waals surface area (Å²) in [6.07, 6.45) is 0. The Hall–Kier alpha value is -5.09. The Kier molecular flexibility index (Phi) is 9.44. The first kappa shape index (κ1) is 33.3. The molecule has 3 aromatic carbocycles. The zero-order chi connectivity index (χ0) is 34.0. The van der Waals surface area contributed by atoms with Gasteiger partial charge in [0.05, 0.1) is 29.0 Å². The number of hydrogen-bond acceptors (Lipinski definition) is 8. The fourth-order valence-corrected chi connectivity index (χ4v) is 5.88. The van der Waals surface area contributed by atoms with E-state index in [-0.39, 0.29) is 30.1 Å². The third-order valence-electron chi connectivity index (χ3n) is 8.05. The van der Waals surface area contributed by atoms with E-state index in [1.165, 1.54) is 18.4 Å². The lowest BCUT2D eigenvalue weighted by Crippen LogP contribution is -2.50. The van der Waals surface area contributed by atoms with Crippen LogP contribution in [0.5, 0.6) is 5.88 Å². The second-order valence-corrected chi connectivity index (χ2v) is 12.8. The smallest absolute Gasteiger partial charge is 0.320 e. The van der Waals surface area contributed by atoms with Crippen LogP contribution in [0.4, 0.5) is 5.69 Å². The highest BCUT2D eigenvalue weighted by molar-refractivity contribution is 6.23. The molecule has 0 aliphatic carbocycles. The van der Waals surface area contributed by atoms with Crippen LogP contribution >= 0.6 is 0 Å². The van der Waals surface area contributed by atoms with E-state index in [1.807, 2.05) is 62.9 Å². The molecule has 10 heteroatoms. The molecular weight excluding hydrogens is 596 g/mol. The number of fused-ring (bicyclic) bond motifs is 1. The average Bonchev–Trinajstić information content (AvgIpc) is 3.29. The van der Waals surface area contributed by atoms with Gasteiger partial charge < -0.3 is 14.7 Å². The number of carbonyl (C=O) groups is 4. The summed E-state index contributed by atoms with van der Waals surface area (Å²) in [7, 11) is 0. The van der Waals surface area contributed by atoms with Crippen molar-refractivity contribution in [2.75, 3.05) is 32.7 Å². The number of nitrogens with zero attached hydrogens (tertiary/aromatic N) is 4. The fourth-order valence-electron chi connectivity index (χ4n) is 5.88. The van der Waals surface area contributed by atoms with Crippen LogP contribution in [0.25, 0.3) is 10.9 Å². The molecule has 1 fully saturated rings. The molecule has 47 heavy (non-hydrogen) atoms. The number of aryl methyl sites for hydroxylation is 1. The van der Waals surface area contributed by atoms with E-state index in [0.29, 0.717) is 76.3 Å². The normalized spacial score (nSPS) is 14.3. The molecule has 0 spiro atoms. The quantitative estimate of drug-likeness (QED) is 0.155. The van der Waals surface area contributed by atoms with E-state index in [9.17, 15) is 24.3 Å². The number of piperazine rings is 1. The molecule has 0 radical (unpaired) electrons. The number of benzene rings is 3. The Morgan fingerprint density at radius 1 is 0.872 bits per heavy atom. The Bertz CT molecular complexity index is 1880. The van der Waals surface area contributed by atoms with Gasteiger partial charge in [0.2, 0.25) is 11.8 Å². The number of hydrogen-bond donors (Lipinski definition) is 1. The molecule has 5 rings (SSSR count). The molecule has 4 aromatic rings. The molecule has 0 unspecified atom stereocenters. The molecule has 0 atom stereocenters. The number of amides is 1. The van der Waals surface area contributed by atoms with Gasteiger partial charge in [-0.2, -0.15) is 0 Å². The summed E-state index contributed by atoms with van der Waals surface area (Å²) in [5.41, 5.74) is 3.61. The van der Waals surface area contributed by atoms with Crippen LogP contribution in [-0.4, -0.2) is 87.1 Å². The van der Waals surface area contributed by atoms with Gasteiger partial charge in [0, 0.05) is 55.2 Å². The van der Waals surface area contributed by atoms with E-state index in [0.717, 1.165) is 0 Å². The minimum Gasteiger partial charge on any atom is -0.494 e. The molecule has 1 aliphatic rings. The van der Waals surface area contributed by atoms with Crippen LogP contribution in [0.3, 0.4) is 0 Å². The molecule has 1 aliphatic heterocycles. The second kappa shape index (κ2) is 13.3. The van der Waals surface area contributed by atoms with Crippen molar-refractivity contribution in [2.24, 2.45) is 4.99 Å². The lowest BCUT2D eigenvalue weighted by molar-refractivity contribution is -0.156. The zero-order valence-electron chi connectivity index (χ0n) is 27.7. The monoisotopic (exact) mass is 636 g/mol. The van der Waals surface area contributed by atoms with Crippen molar-refractivity contribution >= 4 is 45.9 Å². The highest BCUT2D eigenvalue weighted by atomic mass is 16.6. The van der Waals surface area contributed by atoms with Gasteiger partial charge in [-0.3, -0.25) is 28.6 Å². The Morgan fingerprint density at radius 2 is 1.51 bits per heavy atom. The van der Waals surface area contributed by atoms with Gasteiger partial charge in [-0.15, -0.1) is 0 Å². The predicted molar refractivity (Wildman–Crippen MR) is 181 cm³/mol. The van der Waals surface area contributed by atoms with Crippen molar-refractivity contribution in [2.45, 2.75) is 47.1 Å². The summed E-state index contributed by atoms with van der Waals surface area (Å²) in [6.45, 7) is 12.5. The number of ether oxygens (including phenoxy) is 1. The van der Waals surface area contributed by atoms with Gasteiger partial charge in [0.1, 0.15) is 5.60 Å². The molecule has 1 saturated heterocycles. The number of Topliss-reactive ketones (excluding diaryl/α,β-unsaturated/α-hetero) is 1. The van der Waals surface area contributed by atoms with Gasteiger partial charge in [0.25, 0.3) is 5.91 Å². The summed E-state index contributed by atoms with van der Waals surface area (Å²) in [5.74, 6) is -1.21. The molecule has 1 aromatic heterocycles.